The van der Waals surface area contributed by atoms with Gasteiger partial charge in [-0.2, -0.15) is 0 Å². The summed E-state index contributed by atoms with van der Waals surface area (Å²) in [6, 6.07) is 16.4. The van der Waals surface area contributed by atoms with Crippen LogP contribution in [0.1, 0.15) is 49.3 Å². The molecule has 4 aliphatic rings. The topological polar surface area (TPSA) is 12.4 Å². The summed E-state index contributed by atoms with van der Waals surface area (Å²) in [4.78, 5) is 4.57. The largest absolute Gasteiger partial charge is 0.252 e. The summed E-state index contributed by atoms with van der Waals surface area (Å²) in [6.07, 6.45) is 17.7. The van der Waals surface area contributed by atoms with Crippen molar-refractivity contribution >= 4 is 57.0 Å². The highest BCUT2D eigenvalue weighted by Gasteiger charge is 2.37. The maximum Gasteiger partial charge on any atom is 0.0712 e. The van der Waals surface area contributed by atoms with E-state index in [4.69, 9.17) is 23.2 Å². The van der Waals surface area contributed by atoms with Crippen molar-refractivity contribution in [3.8, 4) is 0 Å². The van der Waals surface area contributed by atoms with Crippen LogP contribution >= 0.6 is 23.2 Å². The van der Waals surface area contributed by atoms with Crippen molar-refractivity contribution < 1.29 is 0 Å². The fourth-order valence-corrected chi connectivity index (χ4v) is 6.39. The van der Waals surface area contributed by atoms with Crippen LogP contribution in [-0.2, 0) is 5.41 Å². The van der Waals surface area contributed by atoms with E-state index in [2.05, 4.69) is 72.6 Å². The van der Waals surface area contributed by atoms with Crippen LogP contribution in [0, 0.1) is 0 Å². The van der Waals surface area contributed by atoms with Gasteiger partial charge >= 0.3 is 0 Å². The van der Waals surface area contributed by atoms with Crippen LogP contribution in [0.4, 0.5) is 5.69 Å². The monoisotopic (exact) mass is 481 g/mol. The summed E-state index contributed by atoms with van der Waals surface area (Å²) in [6.45, 7) is 2.32. The summed E-state index contributed by atoms with van der Waals surface area (Å²) >= 11 is 13.0. The zero-order chi connectivity index (χ0) is 23.3. The molecule has 0 N–H and O–H groups in total. The van der Waals surface area contributed by atoms with Crippen LogP contribution in [0.2, 0.25) is 10.0 Å². The van der Waals surface area contributed by atoms with Gasteiger partial charge in [-0.25, -0.2) is 0 Å². The SMILES string of the molecule is C1=CCC2=Nc3ccccc3C2=C1.CC12CCCC=C1C=Cc1c2c(Cl)cc2c(Cl)cccc12. The molecule has 0 fully saturated rings. The normalized spacial score (nSPS) is 21.3. The van der Waals surface area contributed by atoms with Crippen molar-refractivity contribution in [2.45, 2.75) is 38.0 Å². The number of hydrogen-bond donors (Lipinski definition) is 0. The summed E-state index contributed by atoms with van der Waals surface area (Å²) in [5.74, 6) is 0. The van der Waals surface area contributed by atoms with Gasteiger partial charge in [0.25, 0.3) is 0 Å². The van der Waals surface area contributed by atoms with Gasteiger partial charge in [0.1, 0.15) is 0 Å². The predicted molar refractivity (Wildman–Crippen MR) is 148 cm³/mol. The van der Waals surface area contributed by atoms with Crippen molar-refractivity contribution in [1.82, 2.24) is 0 Å². The van der Waals surface area contributed by atoms with Gasteiger partial charge in [-0.15, -0.1) is 0 Å². The van der Waals surface area contributed by atoms with Crippen molar-refractivity contribution in [3.63, 3.8) is 0 Å². The maximum atomic E-state index is 6.68. The Labute approximate surface area is 210 Å². The van der Waals surface area contributed by atoms with E-state index in [1.54, 1.807) is 0 Å². The average Bonchev–Trinajstić information content (AvgIpc) is 3.23. The Morgan fingerprint density at radius 1 is 0.941 bits per heavy atom. The van der Waals surface area contributed by atoms with Gasteiger partial charge in [0.15, 0.2) is 0 Å². The van der Waals surface area contributed by atoms with Gasteiger partial charge in [-0.1, -0.05) is 96.9 Å². The zero-order valence-corrected chi connectivity index (χ0v) is 20.6. The molecule has 1 nitrogen and oxygen atoms in total. The Morgan fingerprint density at radius 2 is 1.82 bits per heavy atom. The summed E-state index contributed by atoms with van der Waals surface area (Å²) < 4.78 is 0. The second-order valence-electron chi connectivity index (χ2n) is 9.49. The lowest BCUT2D eigenvalue weighted by molar-refractivity contribution is 0.473. The Balaban J connectivity index is 0.000000143. The molecule has 168 valence electrons. The number of rotatable bonds is 0. The molecule has 7 rings (SSSR count). The molecule has 0 saturated heterocycles. The molecule has 1 unspecified atom stereocenters. The third kappa shape index (κ3) is 3.42. The highest BCUT2D eigenvalue weighted by atomic mass is 35.5. The molecule has 1 heterocycles. The first kappa shape index (κ1) is 21.6. The van der Waals surface area contributed by atoms with Gasteiger partial charge in [-0.05, 0) is 59.5 Å². The third-order valence-electron chi connectivity index (χ3n) is 7.46. The van der Waals surface area contributed by atoms with Crippen LogP contribution in [-0.4, -0.2) is 5.71 Å². The molecule has 34 heavy (non-hydrogen) atoms. The van der Waals surface area contributed by atoms with Gasteiger partial charge in [0.05, 0.1) is 11.4 Å². The number of hydrogen-bond acceptors (Lipinski definition) is 1. The molecule has 0 bridgehead atoms. The number of fused-ring (bicyclic) bond motifs is 8. The molecular weight excluding hydrogens is 457 g/mol. The molecule has 1 aliphatic heterocycles. The van der Waals surface area contributed by atoms with Gasteiger partial charge in [0, 0.05) is 38.4 Å². The van der Waals surface area contributed by atoms with Crippen LogP contribution in [0.3, 0.4) is 0 Å². The van der Waals surface area contributed by atoms with Crippen molar-refractivity contribution in [2.75, 3.05) is 0 Å². The highest BCUT2D eigenvalue weighted by Crippen LogP contribution is 2.50. The quantitative estimate of drug-likeness (QED) is 0.302. The molecule has 0 amide bonds. The number of nitrogens with zero attached hydrogens (tertiary/aromatic N) is 1. The smallest absolute Gasteiger partial charge is 0.0712 e. The molecule has 3 aliphatic carbocycles. The van der Waals surface area contributed by atoms with Crippen molar-refractivity contribution in [1.29, 1.82) is 0 Å². The summed E-state index contributed by atoms with van der Waals surface area (Å²) in [5.41, 5.74) is 8.87. The number of aliphatic imine (C=N–C) groups is 1. The van der Waals surface area contributed by atoms with Gasteiger partial charge in [0.2, 0.25) is 0 Å². The Hall–Kier alpha value is -2.87. The number of halogens is 2. The van der Waals surface area contributed by atoms with Crippen LogP contribution < -0.4 is 0 Å². The minimum Gasteiger partial charge on any atom is -0.252 e. The van der Waals surface area contributed by atoms with Gasteiger partial charge < -0.3 is 0 Å². The summed E-state index contributed by atoms with van der Waals surface area (Å²) in [7, 11) is 0. The third-order valence-corrected chi connectivity index (χ3v) is 8.08. The second-order valence-corrected chi connectivity index (χ2v) is 10.3. The predicted octanol–water partition coefficient (Wildman–Crippen LogP) is 9.66. The lowest BCUT2D eigenvalue weighted by atomic mass is 9.65. The number of allylic oxidation sites excluding steroid dienone is 7. The van der Waals surface area contributed by atoms with Crippen LogP contribution in [0.5, 0.6) is 0 Å². The fraction of sp³-hybridized carbons (Fsp3) is 0.194. The molecule has 3 aromatic rings. The van der Waals surface area contributed by atoms with Crippen molar-refractivity contribution in [3.05, 3.63) is 111 Å². The highest BCUT2D eigenvalue weighted by molar-refractivity contribution is 6.37. The molecule has 1 atom stereocenters. The van der Waals surface area contributed by atoms with Gasteiger partial charge in [-0.3, -0.25) is 4.99 Å². The first-order valence-electron chi connectivity index (χ1n) is 11.9. The van der Waals surface area contributed by atoms with E-state index in [1.165, 1.54) is 51.8 Å². The van der Waals surface area contributed by atoms with E-state index < -0.39 is 0 Å². The first-order chi connectivity index (χ1) is 16.6. The number of para-hydroxylation sites is 1. The standard InChI is InChI=1S/C19H16Cl2.C12H9N/c1-19-10-3-2-5-12(19)8-9-14-13-6-4-7-16(20)15(13)11-17(21)18(14)19;1-3-7-11-9(5-1)10-6-2-4-8-12(10)13-11/h4-9,11H,2-3,10H2,1H3;1-7H,8H2. The minimum atomic E-state index is 0.0376. The lowest BCUT2D eigenvalue weighted by Crippen LogP contribution is -2.29. The second kappa shape index (κ2) is 8.41. The molecular formula is C31H25Cl2N. The fourth-order valence-electron chi connectivity index (χ4n) is 5.74. The molecule has 0 aromatic heterocycles. The molecule has 3 heteroatoms. The van der Waals surface area contributed by atoms with E-state index in [-0.39, 0.29) is 5.41 Å². The Bertz CT molecular complexity index is 1480. The minimum absolute atomic E-state index is 0.0376. The van der Waals surface area contributed by atoms with Crippen molar-refractivity contribution in [2.24, 2.45) is 4.99 Å². The first-order valence-corrected chi connectivity index (χ1v) is 12.7. The molecule has 0 saturated carbocycles. The summed E-state index contributed by atoms with van der Waals surface area (Å²) in [5, 5.41) is 3.84. The van der Waals surface area contributed by atoms with E-state index >= 15 is 0 Å². The Morgan fingerprint density at radius 3 is 2.74 bits per heavy atom. The lowest BCUT2D eigenvalue weighted by Gasteiger charge is -2.39. The van der Waals surface area contributed by atoms with E-state index in [0.29, 0.717) is 0 Å². The molecule has 3 aromatic carbocycles. The Kier molecular flexibility index (Phi) is 5.36. The molecule has 0 spiro atoms. The zero-order valence-electron chi connectivity index (χ0n) is 19.1. The molecule has 0 radical (unpaired) electrons. The maximum absolute atomic E-state index is 6.68. The number of benzene rings is 3. The van der Waals surface area contributed by atoms with Crippen LogP contribution in [0.15, 0.2) is 89.5 Å². The van der Waals surface area contributed by atoms with Crippen LogP contribution in [0.25, 0.3) is 22.4 Å². The van der Waals surface area contributed by atoms with E-state index in [0.717, 1.165) is 34.0 Å². The van der Waals surface area contributed by atoms with E-state index in [1.807, 2.05) is 24.3 Å². The van der Waals surface area contributed by atoms with E-state index in [9.17, 15) is 0 Å². The average molecular weight is 482 g/mol.